The van der Waals surface area contributed by atoms with E-state index in [1.807, 2.05) is 0 Å². The molecular weight excluding hydrogens is 286 g/mol. The van der Waals surface area contributed by atoms with Crippen LogP contribution in [0.2, 0.25) is 0 Å². The third kappa shape index (κ3) is 2.99. The van der Waals surface area contributed by atoms with Crippen molar-refractivity contribution in [2.45, 2.75) is 12.8 Å². The summed E-state index contributed by atoms with van der Waals surface area (Å²) in [6, 6.07) is 4.69. The normalized spacial score (nSPS) is 20.6. The molecule has 1 saturated heterocycles. The van der Waals surface area contributed by atoms with Crippen LogP contribution in [0.15, 0.2) is 18.2 Å². The minimum atomic E-state index is -3.60. The minimum Gasteiger partial charge on any atom is -0.465 e. The summed E-state index contributed by atoms with van der Waals surface area (Å²) in [4.78, 5) is 14.2. The zero-order chi connectivity index (χ0) is 15.0. The van der Waals surface area contributed by atoms with Gasteiger partial charge in [-0.2, -0.15) is 0 Å². The van der Waals surface area contributed by atoms with Gasteiger partial charge in [0, 0.05) is 32.7 Å². The largest absolute Gasteiger partial charge is 0.586 e. The van der Waals surface area contributed by atoms with E-state index in [4.69, 9.17) is 5.11 Å². The molecule has 8 heteroatoms. The summed E-state index contributed by atoms with van der Waals surface area (Å²) >= 11 is 0. The SMILES string of the molecule is O=C(O)N1CCN(Cc2ccc3c(c2)OC(F)(F)O3)CC1. The van der Waals surface area contributed by atoms with Gasteiger partial charge in [-0.15, -0.1) is 8.78 Å². The number of alkyl halides is 2. The van der Waals surface area contributed by atoms with Crippen LogP contribution in [0, 0.1) is 0 Å². The van der Waals surface area contributed by atoms with Gasteiger partial charge in [-0.3, -0.25) is 4.90 Å². The number of amides is 1. The maximum Gasteiger partial charge on any atom is 0.586 e. The highest BCUT2D eigenvalue weighted by Crippen LogP contribution is 2.41. The summed E-state index contributed by atoms with van der Waals surface area (Å²) < 4.78 is 34.6. The quantitative estimate of drug-likeness (QED) is 0.902. The molecule has 3 rings (SSSR count). The summed E-state index contributed by atoms with van der Waals surface area (Å²) in [5, 5.41) is 8.88. The number of benzene rings is 1. The first-order valence-corrected chi connectivity index (χ1v) is 6.52. The van der Waals surface area contributed by atoms with E-state index >= 15 is 0 Å². The van der Waals surface area contributed by atoms with Gasteiger partial charge in [0.25, 0.3) is 0 Å². The molecule has 1 aromatic rings. The van der Waals surface area contributed by atoms with Gasteiger partial charge in [-0.05, 0) is 17.7 Å². The Morgan fingerprint density at radius 3 is 2.52 bits per heavy atom. The fourth-order valence-electron chi connectivity index (χ4n) is 2.45. The van der Waals surface area contributed by atoms with Crippen LogP contribution in [0.1, 0.15) is 5.56 Å². The van der Waals surface area contributed by atoms with Crippen LogP contribution in [-0.2, 0) is 6.54 Å². The van der Waals surface area contributed by atoms with Crippen molar-refractivity contribution < 1.29 is 28.2 Å². The minimum absolute atomic E-state index is 0.0273. The molecule has 1 N–H and O–H groups in total. The van der Waals surface area contributed by atoms with Crippen molar-refractivity contribution in [3.05, 3.63) is 23.8 Å². The molecule has 0 radical (unpaired) electrons. The fraction of sp³-hybridized carbons (Fsp3) is 0.462. The second-order valence-electron chi connectivity index (χ2n) is 4.99. The number of hydrogen-bond acceptors (Lipinski definition) is 4. The van der Waals surface area contributed by atoms with E-state index in [0.29, 0.717) is 32.7 Å². The zero-order valence-corrected chi connectivity index (χ0v) is 11.1. The summed E-state index contributed by atoms with van der Waals surface area (Å²) in [6.45, 7) is 2.65. The second-order valence-corrected chi connectivity index (χ2v) is 4.99. The molecule has 0 saturated carbocycles. The van der Waals surface area contributed by atoms with Crippen LogP contribution < -0.4 is 9.47 Å². The maximum atomic E-state index is 12.9. The Labute approximate surface area is 119 Å². The standard InChI is InChI=1S/C13H14F2N2O4/c14-13(15)20-10-2-1-9(7-11(10)21-13)8-16-3-5-17(6-4-16)12(18)19/h1-2,7H,3-6,8H2,(H,18,19). The van der Waals surface area contributed by atoms with Gasteiger partial charge in [-0.25, -0.2) is 4.79 Å². The molecule has 0 bridgehead atoms. The van der Waals surface area contributed by atoms with Crippen LogP contribution in [0.4, 0.5) is 13.6 Å². The van der Waals surface area contributed by atoms with Gasteiger partial charge in [-0.1, -0.05) is 6.07 Å². The summed E-state index contributed by atoms with van der Waals surface area (Å²) in [5.74, 6) is 0.0566. The lowest BCUT2D eigenvalue weighted by molar-refractivity contribution is -0.286. The highest BCUT2D eigenvalue weighted by molar-refractivity contribution is 5.65. The number of carbonyl (C=O) groups is 1. The first kappa shape index (κ1) is 13.9. The topological polar surface area (TPSA) is 62.2 Å². The number of nitrogens with zero attached hydrogens (tertiary/aromatic N) is 2. The molecule has 0 atom stereocenters. The van der Waals surface area contributed by atoms with Crippen molar-refractivity contribution in [1.82, 2.24) is 9.80 Å². The summed E-state index contributed by atoms with van der Waals surface area (Å²) in [5.41, 5.74) is 0.818. The van der Waals surface area contributed by atoms with Gasteiger partial charge in [0.1, 0.15) is 0 Å². The number of carboxylic acid groups (broad SMARTS) is 1. The van der Waals surface area contributed by atoms with Crippen molar-refractivity contribution in [3.8, 4) is 11.5 Å². The van der Waals surface area contributed by atoms with Crippen LogP contribution in [0.5, 0.6) is 11.5 Å². The van der Waals surface area contributed by atoms with Crippen LogP contribution in [0.3, 0.4) is 0 Å². The molecule has 2 heterocycles. The van der Waals surface area contributed by atoms with Gasteiger partial charge < -0.3 is 19.5 Å². The van der Waals surface area contributed by atoms with Gasteiger partial charge >= 0.3 is 12.4 Å². The third-order valence-corrected chi connectivity index (χ3v) is 3.51. The molecule has 114 valence electrons. The van der Waals surface area contributed by atoms with E-state index in [9.17, 15) is 13.6 Å². The number of halogens is 2. The molecule has 21 heavy (non-hydrogen) atoms. The molecule has 2 aliphatic heterocycles. The Morgan fingerprint density at radius 2 is 1.86 bits per heavy atom. The Morgan fingerprint density at radius 1 is 1.19 bits per heavy atom. The van der Waals surface area contributed by atoms with Gasteiger partial charge in [0.15, 0.2) is 11.5 Å². The van der Waals surface area contributed by atoms with Crippen molar-refractivity contribution in [2.24, 2.45) is 0 Å². The zero-order valence-electron chi connectivity index (χ0n) is 11.1. The van der Waals surface area contributed by atoms with E-state index in [-0.39, 0.29) is 11.5 Å². The third-order valence-electron chi connectivity index (χ3n) is 3.51. The van der Waals surface area contributed by atoms with Crippen molar-refractivity contribution >= 4 is 6.09 Å². The van der Waals surface area contributed by atoms with Crippen LogP contribution in [0.25, 0.3) is 0 Å². The molecule has 0 aromatic heterocycles. The molecule has 0 aliphatic carbocycles. The lowest BCUT2D eigenvalue weighted by atomic mass is 10.1. The Kier molecular flexibility index (Phi) is 3.32. The van der Waals surface area contributed by atoms with Crippen molar-refractivity contribution in [2.75, 3.05) is 26.2 Å². The van der Waals surface area contributed by atoms with E-state index < -0.39 is 12.4 Å². The summed E-state index contributed by atoms with van der Waals surface area (Å²) in [6.07, 6.45) is -4.52. The van der Waals surface area contributed by atoms with Crippen molar-refractivity contribution in [3.63, 3.8) is 0 Å². The Hall–Kier alpha value is -2.09. The molecule has 6 nitrogen and oxygen atoms in total. The van der Waals surface area contributed by atoms with E-state index in [2.05, 4.69) is 14.4 Å². The molecule has 2 aliphatic rings. The number of fused-ring (bicyclic) bond motifs is 1. The highest BCUT2D eigenvalue weighted by Gasteiger charge is 2.43. The predicted octanol–water partition coefficient (Wildman–Crippen LogP) is 1.80. The van der Waals surface area contributed by atoms with Crippen molar-refractivity contribution in [1.29, 1.82) is 0 Å². The van der Waals surface area contributed by atoms with Crippen LogP contribution >= 0.6 is 0 Å². The molecule has 0 unspecified atom stereocenters. The molecular formula is C13H14F2N2O4. The summed E-state index contributed by atoms with van der Waals surface area (Å²) in [7, 11) is 0. The van der Waals surface area contributed by atoms with Gasteiger partial charge in [0.05, 0.1) is 0 Å². The highest BCUT2D eigenvalue weighted by atomic mass is 19.3. The Bertz CT molecular complexity index is 559. The molecule has 1 amide bonds. The van der Waals surface area contributed by atoms with E-state index in [1.54, 1.807) is 6.07 Å². The average Bonchev–Trinajstić information content (AvgIpc) is 2.72. The number of piperazine rings is 1. The van der Waals surface area contributed by atoms with Crippen LogP contribution in [-0.4, -0.2) is 53.5 Å². The molecule has 1 aromatic carbocycles. The predicted molar refractivity (Wildman–Crippen MR) is 67.5 cm³/mol. The lowest BCUT2D eigenvalue weighted by Gasteiger charge is -2.33. The average molecular weight is 300 g/mol. The smallest absolute Gasteiger partial charge is 0.465 e. The second kappa shape index (κ2) is 5.03. The molecule has 0 spiro atoms. The monoisotopic (exact) mass is 300 g/mol. The maximum absolute atomic E-state index is 12.9. The Balaban J connectivity index is 1.61. The fourth-order valence-corrected chi connectivity index (χ4v) is 2.45. The van der Waals surface area contributed by atoms with E-state index in [1.165, 1.54) is 17.0 Å². The lowest BCUT2D eigenvalue weighted by Crippen LogP contribution is -2.47. The molecule has 1 fully saturated rings. The van der Waals surface area contributed by atoms with E-state index in [0.717, 1.165) is 5.56 Å². The van der Waals surface area contributed by atoms with Gasteiger partial charge in [0.2, 0.25) is 0 Å². The number of ether oxygens (including phenoxy) is 2. The first-order valence-electron chi connectivity index (χ1n) is 6.52. The first-order chi connectivity index (χ1) is 9.93. The number of hydrogen-bond donors (Lipinski definition) is 1. The number of rotatable bonds is 2.